The van der Waals surface area contributed by atoms with Gasteiger partial charge in [-0.05, 0) is 38.0 Å². The van der Waals surface area contributed by atoms with Crippen LogP contribution >= 0.6 is 0 Å². The fraction of sp³-hybridized carbons (Fsp3) is 0.300. The Morgan fingerprint density at radius 2 is 2.11 bits per heavy atom. The molecule has 2 heterocycles. The zero-order valence-corrected chi connectivity index (χ0v) is 15.6. The molecule has 2 aromatic heterocycles. The fourth-order valence-electron chi connectivity index (χ4n) is 3.24. The van der Waals surface area contributed by atoms with Crippen molar-refractivity contribution in [3.8, 4) is 5.75 Å². The summed E-state index contributed by atoms with van der Waals surface area (Å²) < 4.78 is 6.87. The van der Waals surface area contributed by atoms with Gasteiger partial charge in [0.05, 0.1) is 16.6 Å². The van der Waals surface area contributed by atoms with Crippen molar-refractivity contribution in [1.29, 1.82) is 0 Å². The predicted octanol–water partition coefficient (Wildman–Crippen LogP) is 2.87. The number of benzene rings is 1. The van der Waals surface area contributed by atoms with Crippen LogP contribution in [0.1, 0.15) is 40.5 Å². The number of carboxylic acid groups (broad SMARTS) is 1. The third-order valence-corrected chi connectivity index (χ3v) is 4.68. The van der Waals surface area contributed by atoms with E-state index < -0.39 is 12.6 Å². The average molecular weight is 380 g/mol. The monoisotopic (exact) mass is 380 g/mol. The minimum Gasteiger partial charge on any atom is -0.482 e. The van der Waals surface area contributed by atoms with Gasteiger partial charge >= 0.3 is 5.97 Å². The molecule has 1 saturated carbocycles. The molecule has 2 N–H and O–H groups in total. The van der Waals surface area contributed by atoms with Gasteiger partial charge in [0.25, 0.3) is 5.91 Å². The van der Waals surface area contributed by atoms with Crippen molar-refractivity contribution in [3.05, 3.63) is 47.3 Å². The number of rotatable bonds is 6. The Labute approximate surface area is 161 Å². The van der Waals surface area contributed by atoms with Crippen LogP contribution in [0.25, 0.3) is 11.0 Å². The average Bonchev–Trinajstić information content (AvgIpc) is 3.46. The molecule has 144 valence electrons. The molecule has 0 saturated heterocycles. The van der Waals surface area contributed by atoms with E-state index in [-0.39, 0.29) is 5.91 Å². The number of nitrogens with one attached hydrogen (secondary N) is 1. The van der Waals surface area contributed by atoms with E-state index in [0.29, 0.717) is 28.6 Å². The highest BCUT2D eigenvalue weighted by Crippen LogP contribution is 2.40. The van der Waals surface area contributed by atoms with Gasteiger partial charge in [0.2, 0.25) is 0 Å². The quantitative estimate of drug-likeness (QED) is 0.681. The van der Waals surface area contributed by atoms with Crippen LogP contribution in [0.15, 0.2) is 30.3 Å². The Hall–Kier alpha value is -3.42. The van der Waals surface area contributed by atoms with Gasteiger partial charge in [-0.3, -0.25) is 9.48 Å². The normalized spacial score (nSPS) is 13.5. The lowest BCUT2D eigenvalue weighted by molar-refractivity contribution is -0.139. The van der Waals surface area contributed by atoms with E-state index in [1.807, 2.05) is 20.0 Å². The highest BCUT2D eigenvalue weighted by Gasteiger charge is 2.28. The Bertz CT molecular complexity index is 1090. The van der Waals surface area contributed by atoms with Gasteiger partial charge in [0, 0.05) is 30.4 Å². The molecule has 8 heteroatoms. The molecule has 0 radical (unpaired) electrons. The minimum atomic E-state index is -1.06. The smallest absolute Gasteiger partial charge is 0.341 e. The van der Waals surface area contributed by atoms with Crippen molar-refractivity contribution in [3.63, 3.8) is 0 Å². The van der Waals surface area contributed by atoms with Crippen molar-refractivity contribution in [2.24, 2.45) is 7.05 Å². The summed E-state index contributed by atoms with van der Waals surface area (Å²) in [7, 11) is 1.82. The van der Waals surface area contributed by atoms with E-state index in [4.69, 9.17) is 14.8 Å². The maximum Gasteiger partial charge on any atom is 0.341 e. The lowest BCUT2D eigenvalue weighted by atomic mass is 10.1. The number of carbonyl (C=O) groups is 2. The van der Waals surface area contributed by atoms with Crippen molar-refractivity contribution < 1.29 is 19.4 Å². The molecule has 1 aliphatic rings. The Morgan fingerprint density at radius 3 is 2.82 bits per heavy atom. The van der Waals surface area contributed by atoms with Gasteiger partial charge < -0.3 is 15.2 Å². The zero-order chi connectivity index (χ0) is 19.8. The number of carboxylic acids is 1. The summed E-state index contributed by atoms with van der Waals surface area (Å²) in [4.78, 5) is 28.4. The SMILES string of the molecule is Cc1nn(C)c2nc(C3CC3)cc(C(=O)Nc3cccc(OCC(=O)O)c3)c12. The second-order valence-corrected chi connectivity index (χ2v) is 6.94. The van der Waals surface area contributed by atoms with E-state index in [0.717, 1.165) is 29.6 Å². The number of nitrogens with zero attached hydrogens (tertiary/aromatic N) is 3. The first-order chi connectivity index (χ1) is 13.4. The number of hydrogen-bond donors (Lipinski definition) is 2. The highest BCUT2D eigenvalue weighted by atomic mass is 16.5. The number of pyridine rings is 1. The Balaban J connectivity index is 1.66. The molecule has 1 fully saturated rings. The summed E-state index contributed by atoms with van der Waals surface area (Å²) in [5.41, 5.74) is 3.42. The number of aromatic nitrogens is 3. The maximum absolute atomic E-state index is 13.1. The number of hydrogen-bond acceptors (Lipinski definition) is 5. The van der Waals surface area contributed by atoms with E-state index in [2.05, 4.69) is 10.4 Å². The molecule has 28 heavy (non-hydrogen) atoms. The fourth-order valence-corrected chi connectivity index (χ4v) is 3.24. The largest absolute Gasteiger partial charge is 0.482 e. The van der Waals surface area contributed by atoms with E-state index in [1.54, 1.807) is 28.9 Å². The number of carbonyl (C=O) groups excluding carboxylic acids is 1. The molecule has 0 atom stereocenters. The van der Waals surface area contributed by atoms with Crippen molar-refractivity contribution in [1.82, 2.24) is 14.8 Å². The lowest BCUT2D eigenvalue weighted by Gasteiger charge is -2.10. The van der Waals surface area contributed by atoms with Crippen LogP contribution in [0.3, 0.4) is 0 Å². The van der Waals surface area contributed by atoms with E-state index >= 15 is 0 Å². The number of fused-ring (bicyclic) bond motifs is 1. The molecule has 0 aliphatic heterocycles. The zero-order valence-electron chi connectivity index (χ0n) is 15.6. The van der Waals surface area contributed by atoms with Gasteiger partial charge in [-0.1, -0.05) is 6.07 Å². The summed E-state index contributed by atoms with van der Waals surface area (Å²) in [6, 6.07) is 8.51. The van der Waals surface area contributed by atoms with Gasteiger partial charge in [0.15, 0.2) is 12.3 Å². The Kier molecular flexibility index (Phi) is 4.46. The molecule has 0 unspecified atom stereocenters. The first kappa shape index (κ1) is 18.0. The third-order valence-electron chi connectivity index (χ3n) is 4.68. The standard InChI is InChI=1S/C20H20N4O4/c1-11-18-15(9-16(12-6-7-12)22-19(18)24(2)23-11)20(27)21-13-4-3-5-14(8-13)28-10-17(25)26/h3-5,8-9,12H,6-7,10H2,1-2H3,(H,21,27)(H,25,26). The highest BCUT2D eigenvalue weighted by molar-refractivity contribution is 6.12. The Morgan fingerprint density at radius 1 is 1.32 bits per heavy atom. The number of anilines is 1. The summed E-state index contributed by atoms with van der Waals surface area (Å²) in [6.45, 7) is 1.42. The predicted molar refractivity (Wildman–Crippen MR) is 103 cm³/mol. The summed E-state index contributed by atoms with van der Waals surface area (Å²) in [5, 5.41) is 16.8. The number of amides is 1. The molecule has 4 rings (SSSR count). The van der Waals surface area contributed by atoms with Gasteiger partial charge in [-0.25, -0.2) is 9.78 Å². The molecule has 1 aromatic carbocycles. The third kappa shape index (κ3) is 3.53. The number of ether oxygens (including phenoxy) is 1. The minimum absolute atomic E-state index is 0.263. The second-order valence-electron chi connectivity index (χ2n) is 6.94. The van der Waals surface area contributed by atoms with Crippen LogP contribution in [0, 0.1) is 6.92 Å². The number of aliphatic carboxylic acids is 1. The molecule has 0 spiro atoms. The van der Waals surface area contributed by atoms with Gasteiger partial charge in [-0.2, -0.15) is 5.10 Å². The first-order valence-electron chi connectivity index (χ1n) is 9.02. The van der Waals surface area contributed by atoms with Crippen molar-refractivity contribution in [2.75, 3.05) is 11.9 Å². The second kappa shape index (κ2) is 6.95. The van der Waals surface area contributed by atoms with Crippen molar-refractivity contribution >= 4 is 28.6 Å². The number of aryl methyl sites for hydroxylation is 2. The van der Waals surface area contributed by atoms with Crippen LogP contribution in [0.5, 0.6) is 5.75 Å². The van der Waals surface area contributed by atoms with Crippen LogP contribution in [-0.2, 0) is 11.8 Å². The summed E-state index contributed by atoms with van der Waals surface area (Å²) in [5.74, 6) is -0.552. The van der Waals surface area contributed by atoms with E-state index in [9.17, 15) is 9.59 Å². The first-order valence-corrected chi connectivity index (χ1v) is 9.02. The molecule has 3 aromatic rings. The molecule has 8 nitrogen and oxygen atoms in total. The summed E-state index contributed by atoms with van der Waals surface area (Å²) in [6.07, 6.45) is 2.17. The van der Waals surface area contributed by atoms with Crippen LogP contribution in [0.4, 0.5) is 5.69 Å². The molecular weight excluding hydrogens is 360 g/mol. The van der Waals surface area contributed by atoms with E-state index in [1.165, 1.54) is 0 Å². The van der Waals surface area contributed by atoms with Crippen LogP contribution < -0.4 is 10.1 Å². The topological polar surface area (TPSA) is 106 Å². The summed E-state index contributed by atoms with van der Waals surface area (Å²) >= 11 is 0. The lowest BCUT2D eigenvalue weighted by Crippen LogP contribution is -2.14. The molecular formula is C20H20N4O4. The van der Waals surface area contributed by atoms with Crippen molar-refractivity contribution in [2.45, 2.75) is 25.7 Å². The molecule has 1 amide bonds. The maximum atomic E-state index is 13.1. The van der Waals surface area contributed by atoms with Crippen LogP contribution in [-0.4, -0.2) is 38.4 Å². The van der Waals surface area contributed by atoms with Gasteiger partial charge in [0.1, 0.15) is 5.75 Å². The van der Waals surface area contributed by atoms with Gasteiger partial charge in [-0.15, -0.1) is 0 Å². The van der Waals surface area contributed by atoms with Crippen LogP contribution in [0.2, 0.25) is 0 Å². The molecule has 0 bridgehead atoms. The molecule has 1 aliphatic carbocycles.